The first-order valence-corrected chi connectivity index (χ1v) is 6.88. The van der Waals surface area contributed by atoms with E-state index in [-0.39, 0.29) is 6.42 Å². The van der Waals surface area contributed by atoms with Crippen molar-refractivity contribution >= 4 is 5.97 Å². The summed E-state index contributed by atoms with van der Waals surface area (Å²) in [6.07, 6.45) is 2.00. The van der Waals surface area contributed by atoms with Gasteiger partial charge in [0.2, 0.25) is 0 Å². The van der Waals surface area contributed by atoms with Crippen molar-refractivity contribution in [2.45, 2.75) is 40.0 Å². The molecule has 0 aliphatic carbocycles. The molecular formula is C16H25NO2. The van der Waals surface area contributed by atoms with Crippen LogP contribution in [0.1, 0.15) is 35.1 Å². The summed E-state index contributed by atoms with van der Waals surface area (Å²) in [5, 5.41) is 8.61. The highest BCUT2D eigenvalue weighted by molar-refractivity contribution is 5.66. The Balaban J connectivity index is 2.44. The quantitative estimate of drug-likeness (QED) is 0.822. The third-order valence-corrected chi connectivity index (χ3v) is 3.86. The van der Waals surface area contributed by atoms with Gasteiger partial charge in [-0.2, -0.15) is 0 Å². The van der Waals surface area contributed by atoms with Crippen molar-refractivity contribution in [3.63, 3.8) is 0 Å². The van der Waals surface area contributed by atoms with Crippen molar-refractivity contribution in [2.24, 2.45) is 0 Å². The first-order chi connectivity index (χ1) is 8.91. The Morgan fingerprint density at radius 2 is 1.84 bits per heavy atom. The molecule has 0 radical (unpaired) electrons. The minimum Gasteiger partial charge on any atom is -0.481 e. The van der Waals surface area contributed by atoms with Crippen LogP contribution in [-0.4, -0.2) is 36.1 Å². The van der Waals surface area contributed by atoms with Gasteiger partial charge in [0.15, 0.2) is 0 Å². The SMILES string of the molecule is Cc1ccc(CCN(C)CCCC(=O)O)c(C)c1C. The largest absolute Gasteiger partial charge is 0.481 e. The van der Waals surface area contributed by atoms with Crippen LogP contribution in [0.5, 0.6) is 0 Å². The summed E-state index contributed by atoms with van der Waals surface area (Å²) in [4.78, 5) is 12.7. The number of carboxylic acids is 1. The summed E-state index contributed by atoms with van der Waals surface area (Å²) in [7, 11) is 2.05. The van der Waals surface area contributed by atoms with Crippen LogP contribution in [0.2, 0.25) is 0 Å². The van der Waals surface area contributed by atoms with Gasteiger partial charge in [-0.3, -0.25) is 4.79 Å². The summed E-state index contributed by atoms with van der Waals surface area (Å²) >= 11 is 0. The van der Waals surface area contributed by atoms with E-state index in [0.717, 1.165) is 25.9 Å². The molecule has 19 heavy (non-hydrogen) atoms. The Kier molecular flexibility index (Phi) is 6.03. The van der Waals surface area contributed by atoms with Crippen LogP contribution in [-0.2, 0) is 11.2 Å². The first-order valence-electron chi connectivity index (χ1n) is 6.88. The van der Waals surface area contributed by atoms with E-state index in [2.05, 4.69) is 44.9 Å². The molecule has 3 nitrogen and oxygen atoms in total. The Labute approximate surface area is 116 Å². The second kappa shape index (κ2) is 7.29. The van der Waals surface area contributed by atoms with Gasteiger partial charge in [-0.15, -0.1) is 0 Å². The molecule has 0 saturated heterocycles. The predicted molar refractivity (Wildman–Crippen MR) is 78.7 cm³/mol. The van der Waals surface area contributed by atoms with Gasteiger partial charge in [0.05, 0.1) is 0 Å². The number of hydrogen-bond donors (Lipinski definition) is 1. The van der Waals surface area contributed by atoms with Gasteiger partial charge < -0.3 is 10.0 Å². The molecule has 1 rings (SSSR count). The molecule has 0 amide bonds. The number of carbonyl (C=O) groups is 1. The number of aliphatic carboxylic acids is 1. The summed E-state index contributed by atoms with van der Waals surface area (Å²) in [5.74, 6) is -0.710. The van der Waals surface area contributed by atoms with Crippen LogP contribution < -0.4 is 0 Å². The molecule has 1 aromatic carbocycles. The van der Waals surface area contributed by atoms with Crippen molar-refractivity contribution in [3.05, 3.63) is 34.4 Å². The zero-order valence-electron chi connectivity index (χ0n) is 12.5. The highest BCUT2D eigenvalue weighted by Gasteiger charge is 2.06. The molecular weight excluding hydrogens is 238 g/mol. The minimum absolute atomic E-state index is 0.257. The molecule has 0 aromatic heterocycles. The number of carboxylic acid groups (broad SMARTS) is 1. The fraction of sp³-hybridized carbons (Fsp3) is 0.562. The van der Waals surface area contributed by atoms with Crippen LogP contribution in [0.15, 0.2) is 12.1 Å². The molecule has 3 heteroatoms. The maximum atomic E-state index is 10.5. The highest BCUT2D eigenvalue weighted by Crippen LogP contribution is 2.17. The molecule has 0 fully saturated rings. The van der Waals surface area contributed by atoms with Gasteiger partial charge in [-0.05, 0) is 69.5 Å². The van der Waals surface area contributed by atoms with Gasteiger partial charge in [-0.25, -0.2) is 0 Å². The highest BCUT2D eigenvalue weighted by atomic mass is 16.4. The van der Waals surface area contributed by atoms with Gasteiger partial charge >= 0.3 is 5.97 Å². The molecule has 1 aromatic rings. The maximum Gasteiger partial charge on any atom is 0.303 e. The van der Waals surface area contributed by atoms with E-state index in [0.29, 0.717) is 0 Å². The molecule has 1 N–H and O–H groups in total. The summed E-state index contributed by atoms with van der Waals surface area (Å²) in [5.41, 5.74) is 5.51. The van der Waals surface area contributed by atoms with Gasteiger partial charge in [-0.1, -0.05) is 12.1 Å². The Morgan fingerprint density at radius 3 is 2.47 bits per heavy atom. The minimum atomic E-state index is -0.710. The van der Waals surface area contributed by atoms with Gasteiger partial charge in [0.25, 0.3) is 0 Å². The van der Waals surface area contributed by atoms with Crippen LogP contribution in [0.4, 0.5) is 0 Å². The monoisotopic (exact) mass is 263 g/mol. The number of rotatable bonds is 7. The molecule has 0 spiro atoms. The molecule has 0 heterocycles. The lowest BCUT2D eigenvalue weighted by atomic mass is 9.97. The second-order valence-corrected chi connectivity index (χ2v) is 5.34. The number of aryl methyl sites for hydroxylation is 1. The van der Waals surface area contributed by atoms with Crippen LogP contribution >= 0.6 is 0 Å². The number of hydrogen-bond acceptors (Lipinski definition) is 2. The van der Waals surface area contributed by atoms with Gasteiger partial charge in [0, 0.05) is 13.0 Å². The molecule has 0 saturated carbocycles. The molecule has 106 valence electrons. The Bertz CT molecular complexity index is 441. The van der Waals surface area contributed by atoms with Crippen molar-refractivity contribution in [1.82, 2.24) is 4.90 Å². The standard InChI is InChI=1S/C16H25NO2/c1-12-7-8-15(14(3)13(12)2)9-11-17(4)10-5-6-16(18)19/h7-8H,5-6,9-11H2,1-4H3,(H,18,19). The lowest BCUT2D eigenvalue weighted by molar-refractivity contribution is -0.137. The van der Waals surface area contributed by atoms with Crippen molar-refractivity contribution in [2.75, 3.05) is 20.1 Å². The zero-order chi connectivity index (χ0) is 14.4. The lowest BCUT2D eigenvalue weighted by Crippen LogP contribution is -2.23. The molecule has 0 aliphatic heterocycles. The van der Waals surface area contributed by atoms with E-state index in [1.54, 1.807) is 0 Å². The summed E-state index contributed by atoms with van der Waals surface area (Å²) < 4.78 is 0. The summed E-state index contributed by atoms with van der Waals surface area (Å²) in [6, 6.07) is 4.39. The number of likely N-dealkylation sites (N-methyl/N-ethyl adjacent to an activating group) is 1. The Hall–Kier alpha value is -1.35. The Morgan fingerprint density at radius 1 is 1.16 bits per heavy atom. The zero-order valence-corrected chi connectivity index (χ0v) is 12.5. The molecule has 0 bridgehead atoms. The third-order valence-electron chi connectivity index (χ3n) is 3.86. The van der Waals surface area contributed by atoms with Crippen LogP contribution in [0.3, 0.4) is 0 Å². The number of nitrogens with zero attached hydrogens (tertiary/aromatic N) is 1. The fourth-order valence-corrected chi connectivity index (χ4v) is 2.21. The fourth-order valence-electron chi connectivity index (χ4n) is 2.21. The average Bonchev–Trinajstić information content (AvgIpc) is 2.35. The molecule has 0 atom stereocenters. The van der Waals surface area contributed by atoms with Crippen LogP contribution in [0.25, 0.3) is 0 Å². The lowest BCUT2D eigenvalue weighted by Gasteiger charge is -2.18. The van der Waals surface area contributed by atoms with E-state index in [1.165, 1.54) is 22.3 Å². The second-order valence-electron chi connectivity index (χ2n) is 5.34. The average molecular weight is 263 g/mol. The van der Waals surface area contributed by atoms with Crippen LogP contribution in [0, 0.1) is 20.8 Å². The topological polar surface area (TPSA) is 40.5 Å². The first kappa shape index (κ1) is 15.7. The van der Waals surface area contributed by atoms with Crippen molar-refractivity contribution < 1.29 is 9.90 Å². The summed E-state index contributed by atoms with van der Waals surface area (Å²) in [6.45, 7) is 8.32. The third kappa shape index (κ3) is 5.03. The normalized spacial score (nSPS) is 11.0. The van der Waals surface area contributed by atoms with E-state index in [9.17, 15) is 4.79 Å². The van der Waals surface area contributed by atoms with E-state index < -0.39 is 5.97 Å². The number of benzene rings is 1. The predicted octanol–water partition coefficient (Wildman–Crippen LogP) is 2.95. The van der Waals surface area contributed by atoms with E-state index >= 15 is 0 Å². The molecule has 0 unspecified atom stereocenters. The maximum absolute atomic E-state index is 10.5. The molecule has 0 aliphatic rings. The van der Waals surface area contributed by atoms with Crippen molar-refractivity contribution in [1.29, 1.82) is 0 Å². The van der Waals surface area contributed by atoms with Gasteiger partial charge in [0.1, 0.15) is 0 Å². The van der Waals surface area contributed by atoms with E-state index in [1.807, 2.05) is 0 Å². The smallest absolute Gasteiger partial charge is 0.303 e. The van der Waals surface area contributed by atoms with Crippen molar-refractivity contribution in [3.8, 4) is 0 Å². The van der Waals surface area contributed by atoms with E-state index in [4.69, 9.17) is 5.11 Å².